The number of carbonyl (C=O) groups is 2. The maximum atomic E-state index is 14.9. The minimum atomic E-state index is -4.40. The summed E-state index contributed by atoms with van der Waals surface area (Å²) in [6.45, 7) is 0. The molecule has 42 heavy (non-hydrogen) atoms. The Morgan fingerprint density at radius 2 is 0.714 bits per heavy atom. The van der Waals surface area contributed by atoms with E-state index in [9.17, 15) is 18.7 Å². The van der Waals surface area contributed by atoms with Crippen LogP contribution in [-0.4, -0.2) is 11.0 Å². The summed E-state index contributed by atoms with van der Waals surface area (Å²) in [4.78, 5) is 29.0. The van der Waals surface area contributed by atoms with Gasteiger partial charge in [-0.3, -0.25) is 18.7 Å². The van der Waals surface area contributed by atoms with Crippen molar-refractivity contribution in [2.45, 2.75) is 0 Å². The zero-order valence-corrected chi connectivity index (χ0v) is 23.8. The van der Waals surface area contributed by atoms with Crippen molar-refractivity contribution in [3.63, 3.8) is 0 Å². The molecule has 0 fully saturated rings. The molecule has 2 atom stereocenters. The Hall–Kier alpha value is -4.76. The quantitative estimate of drug-likeness (QED) is 0.191. The van der Waals surface area contributed by atoms with Gasteiger partial charge in [0.1, 0.15) is 11.5 Å². The van der Waals surface area contributed by atoms with E-state index in [1.54, 1.807) is 97.1 Å². The van der Waals surface area contributed by atoms with Gasteiger partial charge in [-0.25, -0.2) is 0 Å². The first-order valence-electron chi connectivity index (χ1n) is 13.2. The molecule has 6 aromatic rings. The fourth-order valence-electron chi connectivity index (χ4n) is 5.19. The van der Waals surface area contributed by atoms with Gasteiger partial charge >= 0.3 is 14.7 Å². The molecule has 0 radical (unpaired) electrons. The average molecular weight is 588 g/mol. The van der Waals surface area contributed by atoms with Crippen molar-refractivity contribution in [1.29, 1.82) is 0 Å². The minimum Gasteiger partial charge on any atom is -0.434 e. The third-order valence-corrected chi connectivity index (χ3v) is 11.8. The molecule has 6 aromatic carbocycles. The number of fused-ring (bicyclic) bond motifs is 4. The van der Waals surface area contributed by atoms with Crippen LogP contribution < -0.4 is 19.7 Å². The van der Waals surface area contributed by atoms with Crippen molar-refractivity contribution in [2.75, 3.05) is 0 Å². The molecule has 0 spiro atoms. The number of benzene rings is 6. The van der Waals surface area contributed by atoms with Gasteiger partial charge in [-0.2, -0.15) is 0 Å². The summed E-state index contributed by atoms with van der Waals surface area (Å²) in [5.41, 5.74) is -1.84. The Morgan fingerprint density at radius 3 is 1.07 bits per heavy atom. The van der Waals surface area contributed by atoms with E-state index in [4.69, 9.17) is 9.05 Å². The van der Waals surface area contributed by atoms with Gasteiger partial charge in [0.15, 0.2) is 0 Å². The van der Waals surface area contributed by atoms with Gasteiger partial charge in [0.05, 0.1) is 21.7 Å². The molecule has 0 aliphatic carbocycles. The molecule has 0 amide bonds. The van der Waals surface area contributed by atoms with Crippen LogP contribution in [0, 0.1) is 0 Å². The van der Waals surface area contributed by atoms with E-state index in [0.717, 1.165) is 0 Å². The highest BCUT2D eigenvalue weighted by Crippen LogP contribution is 2.58. The third-order valence-electron chi connectivity index (χ3n) is 7.34. The molecular weight excluding hydrogens is 566 g/mol. The maximum absolute atomic E-state index is 14.9. The number of hydrogen-bond donors (Lipinski definition) is 0. The summed E-state index contributed by atoms with van der Waals surface area (Å²) in [5.74, 6) is -0.216. The van der Waals surface area contributed by atoms with Crippen molar-refractivity contribution in [3.8, 4) is 11.5 Å². The van der Waals surface area contributed by atoms with Crippen LogP contribution >= 0.6 is 14.7 Å². The second kappa shape index (κ2) is 9.95. The van der Waals surface area contributed by atoms with Crippen LogP contribution in [0.15, 0.2) is 133 Å². The zero-order valence-electron chi connectivity index (χ0n) is 22.0. The Kier molecular flexibility index (Phi) is 6.20. The highest BCUT2D eigenvalue weighted by molar-refractivity contribution is 7.84. The second-order valence-corrected chi connectivity index (χ2v) is 14.4. The zero-order chi connectivity index (χ0) is 28.9. The highest BCUT2D eigenvalue weighted by Gasteiger charge is 2.46. The molecule has 204 valence electrons. The lowest BCUT2D eigenvalue weighted by Gasteiger charge is -2.27. The Bertz CT molecular complexity index is 1990. The van der Waals surface area contributed by atoms with E-state index in [-0.39, 0.29) is 33.2 Å². The predicted octanol–water partition coefficient (Wildman–Crippen LogP) is 7.95. The Balaban J connectivity index is 1.58. The minimum absolute atomic E-state index is 0.0888. The van der Waals surface area contributed by atoms with Gasteiger partial charge in [-0.15, -0.1) is 0 Å². The summed E-state index contributed by atoms with van der Waals surface area (Å²) in [7, 11) is -8.79. The SMILES string of the molecule is O=C1c2cc3ccccc3cc2OP(=O)(c2ccccc2)C(=O)c2cc3ccccc3cc2OP1(=O)c1ccccc1. The highest BCUT2D eigenvalue weighted by atomic mass is 31.2. The van der Waals surface area contributed by atoms with Crippen LogP contribution in [0.25, 0.3) is 21.5 Å². The molecule has 0 aromatic heterocycles. The van der Waals surface area contributed by atoms with Crippen LogP contribution in [0.4, 0.5) is 0 Å². The lowest BCUT2D eigenvalue weighted by atomic mass is 10.1. The molecule has 2 unspecified atom stereocenters. The van der Waals surface area contributed by atoms with Crippen LogP contribution in [-0.2, 0) is 9.13 Å². The van der Waals surface area contributed by atoms with Crippen molar-refractivity contribution in [1.82, 2.24) is 0 Å². The molecule has 1 aliphatic rings. The lowest BCUT2D eigenvalue weighted by molar-refractivity contribution is 0.104. The van der Waals surface area contributed by atoms with Gasteiger partial charge < -0.3 is 9.05 Å². The number of carbonyl (C=O) groups excluding carboxylic acids is 2. The van der Waals surface area contributed by atoms with Gasteiger partial charge in [0.2, 0.25) is 0 Å². The largest absolute Gasteiger partial charge is 0.434 e. The molecule has 8 heteroatoms. The fourth-order valence-corrected chi connectivity index (χ4v) is 9.00. The molecule has 1 aliphatic heterocycles. The van der Waals surface area contributed by atoms with Gasteiger partial charge in [0, 0.05) is 0 Å². The van der Waals surface area contributed by atoms with E-state index in [0.29, 0.717) is 21.5 Å². The summed E-state index contributed by atoms with van der Waals surface area (Å²) >= 11 is 0. The smallest absolute Gasteiger partial charge is 0.346 e. The monoisotopic (exact) mass is 588 g/mol. The van der Waals surface area contributed by atoms with Gasteiger partial charge in [-0.1, -0.05) is 84.9 Å². The maximum Gasteiger partial charge on any atom is 0.346 e. The van der Waals surface area contributed by atoms with Gasteiger partial charge in [-0.05, 0) is 70.1 Å². The molecule has 1 heterocycles. The van der Waals surface area contributed by atoms with Crippen LogP contribution in [0.1, 0.15) is 20.7 Å². The van der Waals surface area contributed by atoms with E-state index < -0.39 is 25.8 Å². The molecule has 6 nitrogen and oxygen atoms in total. The van der Waals surface area contributed by atoms with Crippen molar-refractivity contribution in [3.05, 3.63) is 145 Å². The van der Waals surface area contributed by atoms with Crippen molar-refractivity contribution >= 4 is 57.9 Å². The fraction of sp³-hybridized carbons (Fsp3) is 0. The van der Waals surface area contributed by atoms with Crippen LogP contribution in [0.2, 0.25) is 0 Å². The van der Waals surface area contributed by atoms with E-state index in [2.05, 4.69) is 0 Å². The standard InChI is InChI=1S/C34H22O6P2/c35-33-29-19-23-11-7-10-14-26(23)22-32(29)40-42(38,28-17-5-2-6-18-28)34(36)30-20-24-12-8-9-13-25(24)21-31(30)39-41(33,37)27-15-3-1-4-16-27/h1-22H. The summed E-state index contributed by atoms with van der Waals surface area (Å²) in [6.07, 6.45) is 0. The molecule has 0 bridgehead atoms. The average Bonchev–Trinajstić information content (AvgIpc) is 3.03. The van der Waals surface area contributed by atoms with Crippen LogP contribution in [0.5, 0.6) is 11.5 Å². The third kappa shape index (κ3) is 4.19. The first kappa shape index (κ1) is 26.2. The number of hydrogen-bond acceptors (Lipinski definition) is 6. The first-order chi connectivity index (χ1) is 20.4. The van der Waals surface area contributed by atoms with E-state index in [1.807, 2.05) is 36.4 Å². The Labute approximate surface area is 241 Å². The topological polar surface area (TPSA) is 86.7 Å². The molecular formula is C34H22O6P2. The van der Waals surface area contributed by atoms with Crippen molar-refractivity contribution in [2.24, 2.45) is 0 Å². The molecule has 0 N–H and O–H groups in total. The molecule has 7 rings (SSSR count). The predicted molar refractivity (Wildman–Crippen MR) is 165 cm³/mol. The van der Waals surface area contributed by atoms with Crippen LogP contribution in [0.3, 0.4) is 0 Å². The second-order valence-electron chi connectivity index (χ2n) is 9.96. The van der Waals surface area contributed by atoms with Crippen molar-refractivity contribution < 1.29 is 27.8 Å². The first-order valence-corrected chi connectivity index (χ1v) is 16.5. The van der Waals surface area contributed by atoms with Gasteiger partial charge in [0.25, 0.3) is 11.0 Å². The van der Waals surface area contributed by atoms with E-state index >= 15 is 0 Å². The Morgan fingerprint density at radius 1 is 0.405 bits per heavy atom. The van der Waals surface area contributed by atoms with E-state index in [1.165, 1.54) is 0 Å². The summed E-state index contributed by atoms with van der Waals surface area (Å²) < 4.78 is 42.4. The lowest BCUT2D eigenvalue weighted by Crippen LogP contribution is -2.23. The number of rotatable bonds is 2. The summed E-state index contributed by atoms with van der Waals surface area (Å²) in [5, 5.41) is 3.05. The molecule has 0 saturated heterocycles. The normalized spacial score (nSPS) is 20.3. The summed E-state index contributed by atoms with van der Waals surface area (Å²) in [6, 6.07) is 37.1. The molecule has 0 saturated carbocycles.